The molecule has 0 amide bonds. The maximum atomic E-state index is 3.03. The van der Waals surface area contributed by atoms with Gasteiger partial charge in [0.1, 0.15) is 0 Å². The van der Waals surface area contributed by atoms with Gasteiger partial charge in [0.25, 0.3) is 0 Å². The van der Waals surface area contributed by atoms with Crippen molar-refractivity contribution in [1.29, 1.82) is 0 Å². The van der Waals surface area contributed by atoms with Crippen LogP contribution in [-0.2, 0) is 0 Å². The average molecular weight is 273 g/mol. The Bertz CT molecular complexity index is 73.3. The second kappa shape index (κ2) is 2.41. The van der Waals surface area contributed by atoms with Crippen LogP contribution in [0.4, 0.5) is 0 Å². The maximum absolute atomic E-state index is 3.03. The van der Waals surface area contributed by atoms with Gasteiger partial charge in [-0.2, -0.15) is 0 Å². The van der Waals surface area contributed by atoms with E-state index in [9.17, 15) is 0 Å². The average Bonchev–Trinajstić information content (AvgIpc) is 1.72. The van der Waals surface area contributed by atoms with Crippen molar-refractivity contribution in [1.82, 2.24) is 0 Å². The van der Waals surface area contributed by atoms with Gasteiger partial charge in [-0.1, -0.05) is 0 Å². The molecule has 0 aromatic carbocycles. The molecule has 0 nitrogen and oxygen atoms in total. The van der Waals surface area contributed by atoms with E-state index in [4.69, 9.17) is 0 Å². The van der Waals surface area contributed by atoms with Crippen LogP contribution in [0.3, 0.4) is 0 Å². The first kappa shape index (κ1) is 4.39. The Kier molecular flexibility index (Phi) is 1.77. The van der Waals surface area contributed by atoms with Crippen molar-refractivity contribution in [3.8, 4) is 0 Å². The van der Waals surface area contributed by atoms with Crippen LogP contribution in [0.1, 0.15) is 0 Å². The normalized spacial score (nSPS) is 16.0. The number of hydrogen-bond donors (Lipinski definition) is 0. The van der Waals surface area contributed by atoms with Crippen LogP contribution in [-0.4, -0.2) is 26.5 Å². The summed E-state index contributed by atoms with van der Waals surface area (Å²) < 4.78 is 4.45. The van der Waals surface area contributed by atoms with Gasteiger partial charge in [-0.25, -0.2) is 0 Å². The Morgan fingerprint density at radius 2 is 2.50 bits per heavy atom. The Morgan fingerprint density at radius 1 is 1.50 bits per heavy atom. The molecule has 0 aromatic rings. The molecule has 0 bridgehead atoms. The standard InChI is InChI=1S/C5H4.Bi/c1-3-5-4-2;/h1-3,5H;/q-1;. The SMILES string of the molecule is [C-]1=CC=[CH][Bi]=[CH]1. The Hall–Kier alpha value is 0.233. The summed E-state index contributed by atoms with van der Waals surface area (Å²) in [5.41, 5.74) is 0. The number of rotatable bonds is 0. The summed E-state index contributed by atoms with van der Waals surface area (Å²) in [4.78, 5) is 0. The van der Waals surface area contributed by atoms with Gasteiger partial charge in [0.2, 0.25) is 0 Å². The molecular weight excluding hydrogens is 269 g/mol. The van der Waals surface area contributed by atoms with Crippen molar-refractivity contribution < 1.29 is 0 Å². The van der Waals surface area contributed by atoms with Crippen molar-refractivity contribution in [2.75, 3.05) is 0 Å². The van der Waals surface area contributed by atoms with Gasteiger partial charge in [-0.3, -0.25) is 0 Å². The van der Waals surface area contributed by atoms with Crippen LogP contribution in [0, 0.1) is 6.08 Å². The summed E-state index contributed by atoms with van der Waals surface area (Å²) >= 11 is -0.237. The first-order valence-corrected chi connectivity index (χ1v) is 5.78. The Balaban J connectivity index is 2.77. The first-order chi connectivity index (χ1) is 3.00. The van der Waals surface area contributed by atoms with E-state index in [0.29, 0.717) is 0 Å². The fourth-order valence-corrected chi connectivity index (χ4v) is 2.00. The van der Waals surface area contributed by atoms with Crippen LogP contribution >= 0.6 is 0 Å². The molecule has 6 heavy (non-hydrogen) atoms. The molecule has 0 N–H and O–H groups in total. The van der Waals surface area contributed by atoms with Gasteiger partial charge in [0.15, 0.2) is 0 Å². The van der Waals surface area contributed by atoms with Gasteiger partial charge < -0.3 is 0 Å². The van der Waals surface area contributed by atoms with E-state index in [0.717, 1.165) is 0 Å². The van der Waals surface area contributed by atoms with Crippen molar-refractivity contribution in [2.45, 2.75) is 0 Å². The summed E-state index contributed by atoms with van der Waals surface area (Å²) in [7, 11) is 0. The zero-order valence-electron chi connectivity index (χ0n) is 3.26. The third kappa shape index (κ3) is 1.14. The zero-order chi connectivity index (χ0) is 4.24. The number of hydrogen-bond acceptors (Lipinski definition) is 0. The van der Waals surface area contributed by atoms with Crippen molar-refractivity contribution in [3.05, 3.63) is 22.0 Å². The molecule has 1 aliphatic rings. The summed E-state index contributed by atoms with van der Waals surface area (Å²) in [6, 6.07) is 0. The van der Waals surface area contributed by atoms with E-state index < -0.39 is 0 Å². The molecule has 0 unspecified atom stereocenters. The van der Waals surface area contributed by atoms with E-state index in [1.807, 2.05) is 6.08 Å². The molecular formula is C5H4Bi-. The molecule has 0 radical (unpaired) electrons. The third-order valence-corrected chi connectivity index (χ3v) is 3.01. The van der Waals surface area contributed by atoms with E-state index in [1.165, 1.54) is 0 Å². The van der Waals surface area contributed by atoms with E-state index in [2.05, 4.69) is 19.6 Å². The van der Waals surface area contributed by atoms with Crippen molar-refractivity contribution in [3.63, 3.8) is 0 Å². The molecule has 0 saturated carbocycles. The van der Waals surface area contributed by atoms with Crippen LogP contribution in [0.2, 0.25) is 0 Å². The summed E-state index contributed by atoms with van der Waals surface area (Å²) in [6.45, 7) is 0. The molecule has 0 aliphatic carbocycles. The van der Waals surface area contributed by atoms with Gasteiger partial charge in [-0.15, -0.1) is 0 Å². The zero-order valence-corrected chi connectivity index (χ0v) is 6.73. The molecule has 0 fully saturated rings. The van der Waals surface area contributed by atoms with E-state index in [-0.39, 0.29) is 22.8 Å². The van der Waals surface area contributed by atoms with Crippen LogP contribution in [0.15, 0.2) is 15.9 Å². The second-order valence-corrected chi connectivity index (χ2v) is 4.27. The predicted molar refractivity (Wildman–Crippen MR) is 28.8 cm³/mol. The fraction of sp³-hybridized carbons (Fsp3) is 0. The van der Waals surface area contributed by atoms with E-state index in [1.54, 1.807) is 0 Å². The van der Waals surface area contributed by atoms with Gasteiger partial charge >= 0.3 is 48.5 Å². The van der Waals surface area contributed by atoms with Crippen LogP contribution in [0.5, 0.6) is 0 Å². The molecule has 0 saturated heterocycles. The Morgan fingerprint density at radius 3 is 2.67 bits per heavy atom. The summed E-state index contributed by atoms with van der Waals surface area (Å²) in [5.74, 6) is 0. The molecule has 0 spiro atoms. The van der Waals surface area contributed by atoms with Crippen molar-refractivity contribution >= 4 is 26.5 Å². The van der Waals surface area contributed by atoms with E-state index >= 15 is 0 Å². The summed E-state index contributed by atoms with van der Waals surface area (Å²) in [6.07, 6.45) is 7.06. The quantitative estimate of drug-likeness (QED) is 0.442. The monoisotopic (exact) mass is 273 g/mol. The second-order valence-electron chi connectivity index (χ2n) is 0.953. The fourth-order valence-electron chi connectivity index (χ4n) is 0.277. The van der Waals surface area contributed by atoms with Crippen LogP contribution < -0.4 is 0 Å². The van der Waals surface area contributed by atoms with Gasteiger partial charge in [0, 0.05) is 0 Å². The third-order valence-electron chi connectivity index (χ3n) is 0.514. The molecule has 1 heteroatoms. The molecule has 1 aliphatic heterocycles. The summed E-state index contributed by atoms with van der Waals surface area (Å²) in [5, 5.41) is 0. The predicted octanol–water partition coefficient (Wildman–Crippen LogP) is 0.379. The topological polar surface area (TPSA) is 0 Å². The Labute approximate surface area is 48.6 Å². The number of allylic oxidation sites excluding steroid dienone is 3. The molecule has 1 rings (SSSR count). The minimum absolute atomic E-state index is 0.237. The van der Waals surface area contributed by atoms with Gasteiger partial charge in [0.05, 0.1) is 0 Å². The molecule has 0 atom stereocenters. The molecule has 1 heterocycles. The molecule has 0 aromatic heterocycles. The van der Waals surface area contributed by atoms with Crippen LogP contribution in [0.25, 0.3) is 0 Å². The molecule has 30 valence electrons. The first-order valence-electron chi connectivity index (χ1n) is 1.76. The van der Waals surface area contributed by atoms with Crippen molar-refractivity contribution in [2.24, 2.45) is 0 Å². The van der Waals surface area contributed by atoms with Gasteiger partial charge in [-0.05, 0) is 0 Å². The minimum atomic E-state index is -0.237.